The van der Waals surface area contributed by atoms with Crippen molar-refractivity contribution in [1.82, 2.24) is 0 Å². The van der Waals surface area contributed by atoms with Crippen LogP contribution >= 0.6 is 0 Å². The van der Waals surface area contributed by atoms with Crippen molar-refractivity contribution >= 4 is 21.5 Å². The molecule has 234 valence electrons. The molecule has 0 aliphatic rings. The molecule has 6 aromatic carbocycles. The number of benzene rings is 6. The highest BCUT2D eigenvalue weighted by Crippen LogP contribution is 2.42. The van der Waals surface area contributed by atoms with Crippen molar-refractivity contribution in [2.45, 2.75) is 19.3 Å². The van der Waals surface area contributed by atoms with Gasteiger partial charge in [0, 0.05) is 16.5 Å². The van der Waals surface area contributed by atoms with Crippen LogP contribution in [-0.2, 0) is 10.2 Å². The highest BCUT2D eigenvalue weighted by molar-refractivity contribution is 5.89. The maximum atomic E-state index is 9.50. The van der Waals surface area contributed by atoms with E-state index in [0.717, 1.165) is 50.3 Å². The molecule has 0 atom stereocenters. The van der Waals surface area contributed by atoms with E-state index >= 15 is 0 Å². The second-order valence-corrected chi connectivity index (χ2v) is 11.9. The van der Waals surface area contributed by atoms with Gasteiger partial charge in [0.05, 0.1) is 26.4 Å². The third kappa shape index (κ3) is 6.77. The van der Waals surface area contributed by atoms with Crippen molar-refractivity contribution in [2.24, 2.45) is 0 Å². The summed E-state index contributed by atoms with van der Waals surface area (Å²) in [5, 5.41) is 23.3. The molecule has 0 aliphatic heterocycles. The number of fused-ring (bicyclic) bond motifs is 2. The Kier molecular flexibility index (Phi) is 9.65. The van der Waals surface area contributed by atoms with Crippen molar-refractivity contribution < 1.29 is 24.4 Å². The van der Waals surface area contributed by atoms with E-state index in [2.05, 4.69) is 129 Å². The first-order valence-corrected chi connectivity index (χ1v) is 15.8. The van der Waals surface area contributed by atoms with E-state index in [-0.39, 0.29) is 25.2 Å². The summed E-state index contributed by atoms with van der Waals surface area (Å²) < 4.78 is 17.7. The van der Waals surface area contributed by atoms with Crippen LogP contribution in [0.15, 0.2) is 121 Å². The third-order valence-electron chi connectivity index (χ3n) is 8.59. The molecule has 0 aromatic heterocycles. The van der Waals surface area contributed by atoms with Crippen molar-refractivity contribution in [1.29, 1.82) is 0 Å². The Morgan fingerprint density at radius 1 is 0.478 bits per heavy atom. The predicted octanol–water partition coefficient (Wildman–Crippen LogP) is 8.41. The van der Waals surface area contributed by atoms with Crippen molar-refractivity contribution in [3.8, 4) is 33.8 Å². The van der Waals surface area contributed by atoms with Gasteiger partial charge in [-0.05, 0) is 80.2 Å². The lowest BCUT2D eigenvalue weighted by Crippen LogP contribution is -2.19. The van der Waals surface area contributed by atoms with Gasteiger partial charge in [-0.25, -0.2) is 0 Å². The van der Waals surface area contributed by atoms with Gasteiger partial charge in [0.25, 0.3) is 0 Å². The van der Waals surface area contributed by atoms with E-state index in [0.29, 0.717) is 19.8 Å². The summed E-state index contributed by atoms with van der Waals surface area (Å²) in [6, 6.07) is 42.5. The monoisotopic (exact) mass is 612 g/mol. The second kappa shape index (κ2) is 14.2. The summed E-state index contributed by atoms with van der Waals surface area (Å²) in [4.78, 5) is 0. The van der Waals surface area contributed by atoms with Crippen molar-refractivity contribution in [3.05, 3.63) is 132 Å². The van der Waals surface area contributed by atoms with Crippen LogP contribution in [0, 0.1) is 0 Å². The third-order valence-corrected chi connectivity index (χ3v) is 8.59. The van der Waals surface area contributed by atoms with E-state index in [1.54, 1.807) is 0 Å². The van der Waals surface area contributed by atoms with Gasteiger partial charge < -0.3 is 24.4 Å². The smallest absolute Gasteiger partial charge is 0.127 e. The molecule has 0 unspecified atom stereocenters. The molecule has 0 saturated heterocycles. The standard InChI is InChI=1S/C41H40O5/c1-41(2,35-15-17-39(45-22-20-43)37(27-35)33-13-11-29-7-3-5-9-31(29)25-33)36-16-18-40(46-24-23-44-21-19-42)38(28-36)34-14-12-30-8-4-6-10-32(30)26-34/h3-18,25-28,42-43H,19-24H2,1-2H3. The highest BCUT2D eigenvalue weighted by atomic mass is 16.5. The van der Waals surface area contributed by atoms with Gasteiger partial charge in [0.1, 0.15) is 24.7 Å². The van der Waals surface area contributed by atoms with Crippen LogP contribution in [0.3, 0.4) is 0 Å². The Balaban J connectivity index is 1.41. The number of hydrogen-bond acceptors (Lipinski definition) is 5. The molecule has 0 amide bonds. The Morgan fingerprint density at radius 3 is 1.46 bits per heavy atom. The topological polar surface area (TPSA) is 68.2 Å². The molecule has 6 aromatic rings. The Bertz CT molecular complexity index is 1940. The van der Waals surface area contributed by atoms with Crippen LogP contribution < -0.4 is 9.47 Å². The predicted molar refractivity (Wildman–Crippen MR) is 187 cm³/mol. The average Bonchev–Trinajstić information content (AvgIpc) is 3.10. The van der Waals surface area contributed by atoms with Gasteiger partial charge in [0.2, 0.25) is 0 Å². The minimum atomic E-state index is -0.366. The molecule has 5 heteroatoms. The summed E-state index contributed by atoms with van der Waals surface area (Å²) in [6.07, 6.45) is 0. The summed E-state index contributed by atoms with van der Waals surface area (Å²) in [6.45, 7) is 5.71. The molecule has 46 heavy (non-hydrogen) atoms. The minimum Gasteiger partial charge on any atom is -0.491 e. The summed E-state index contributed by atoms with van der Waals surface area (Å²) >= 11 is 0. The fourth-order valence-corrected chi connectivity index (χ4v) is 5.95. The van der Waals surface area contributed by atoms with E-state index in [4.69, 9.17) is 19.3 Å². The lowest BCUT2D eigenvalue weighted by Gasteiger charge is -2.28. The molecular formula is C41H40O5. The zero-order valence-corrected chi connectivity index (χ0v) is 26.4. The Labute approximate surface area is 270 Å². The second-order valence-electron chi connectivity index (χ2n) is 11.9. The van der Waals surface area contributed by atoms with E-state index in [1.165, 1.54) is 16.2 Å². The molecule has 2 N–H and O–H groups in total. The molecule has 0 saturated carbocycles. The van der Waals surface area contributed by atoms with E-state index < -0.39 is 0 Å². The van der Waals surface area contributed by atoms with Crippen LogP contribution in [0.4, 0.5) is 0 Å². The van der Waals surface area contributed by atoms with Crippen LogP contribution in [0.1, 0.15) is 25.0 Å². The molecular weight excluding hydrogens is 572 g/mol. The molecule has 0 bridgehead atoms. The SMILES string of the molecule is CC(C)(c1ccc(OCCO)c(-c2ccc3ccccc3c2)c1)c1ccc(OCCOCCO)c(-c2ccc3ccccc3c2)c1. The highest BCUT2D eigenvalue weighted by Gasteiger charge is 2.26. The molecule has 0 spiro atoms. The summed E-state index contributed by atoms with van der Waals surface area (Å²) in [5.74, 6) is 1.53. The van der Waals surface area contributed by atoms with E-state index in [1.807, 2.05) is 6.07 Å². The first-order chi connectivity index (χ1) is 22.5. The molecule has 0 heterocycles. The number of aliphatic hydroxyl groups excluding tert-OH is 2. The molecule has 0 aliphatic carbocycles. The van der Waals surface area contributed by atoms with E-state index in [9.17, 15) is 5.11 Å². The quantitative estimate of drug-likeness (QED) is 0.128. The first kappa shape index (κ1) is 31.3. The molecule has 6 rings (SSSR count). The van der Waals surface area contributed by atoms with Crippen LogP contribution in [0.25, 0.3) is 43.8 Å². The lowest BCUT2D eigenvalue weighted by atomic mass is 9.76. The van der Waals surface area contributed by atoms with Gasteiger partial charge in [-0.2, -0.15) is 0 Å². The zero-order chi connectivity index (χ0) is 31.9. The number of hydrogen-bond donors (Lipinski definition) is 2. The molecule has 0 radical (unpaired) electrons. The fourth-order valence-electron chi connectivity index (χ4n) is 5.95. The summed E-state index contributed by atoms with van der Waals surface area (Å²) in [7, 11) is 0. The largest absolute Gasteiger partial charge is 0.491 e. The Hall–Kier alpha value is -4.68. The van der Waals surface area contributed by atoms with Crippen molar-refractivity contribution in [3.63, 3.8) is 0 Å². The van der Waals surface area contributed by atoms with Gasteiger partial charge in [-0.3, -0.25) is 0 Å². The average molecular weight is 613 g/mol. The lowest BCUT2D eigenvalue weighted by molar-refractivity contribution is 0.0706. The van der Waals surface area contributed by atoms with Gasteiger partial charge >= 0.3 is 0 Å². The summed E-state index contributed by atoms with van der Waals surface area (Å²) in [5.41, 5.74) is 6.06. The zero-order valence-electron chi connectivity index (χ0n) is 26.4. The number of rotatable bonds is 13. The maximum Gasteiger partial charge on any atom is 0.127 e. The van der Waals surface area contributed by atoms with Crippen LogP contribution in [0.2, 0.25) is 0 Å². The van der Waals surface area contributed by atoms with Gasteiger partial charge in [0.15, 0.2) is 0 Å². The normalized spacial score (nSPS) is 11.7. The molecule has 0 fully saturated rings. The fraction of sp³-hybridized carbons (Fsp3) is 0.220. The number of aliphatic hydroxyl groups is 2. The van der Waals surface area contributed by atoms with Crippen LogP contribution in [0.5, 0.6) is 11.5 Å². The maximum absolute atomic E-state index is 9.50. The van der Waals surface area contributed by atoms with Crippen molar-refractivity contribution in [2.75, 3.05) is 39.6 Å². The van der Waals surface area contributed by atoms with Crippen LogP contribution in [-0.4, -0.2) is 49.9 Å². The first-order valence-electron chi connectivity index (χ1n) is 15.8. The Morgan fingerprint density at radius 2 is 0.957 bits per heavy atom. The van der Waals surface area contributed by atoms with Gasteiger partial charge in [-0.1, -0.05) is 98.8 Å². The molecule has 5 nitrogen and oxygen atoms in total. The minimum absolute atomic E-state index is 0.0107. The number of ether oxygens (including phenoxy) is 3. The van der Waals surface area contributed by atoms with Gasteiger partial charge in [-0.15, -0.1) is 0 Å².